The lowest BCUT2D eigenvalue weighted by molar-refractivity contribution is -0.383. The molecule has 0 bridgehead atoms. The summed E-state index contributed by atoms with van der Waals surface area (Å²) < 4.78 is 26.7. The van der Waals surface area contributed by atoms with Gasteiger partial charge < -0.3 is 10.4 Å². The summed E-state index contributed by atoms with van der Waals surface area (Å²) in [4.78, 5) is 10.8. The van der Waals surface area contributed by atoms with Crippen LogP contribution in [0.4, 0.5) is 17.1 Å². The van der Waals surface area contributed by atoms with Crippen molar-refractivity contribution >= 4 is 27.1 Å². The molecule has 134 valence electrons. The number of rotatable bonds is 8. The molecule has 0 aromatic heterocycles. The first-order valence-corrected chi connectivity index (χ1v) is 9.06. The van der Waals surface area contributed by atoms with Gasteiger partial charge in [0.1, 0.15) is 5.69 Å². The lowest BCUT2D eigenvalue weighted by Gasteiger charge is -2.23. The van der Waals surface area contributed by atoms with Crippen molar-refractivity contribution in [2.24, 2.45) is 0 Å². The van der Waals surface area contributed by atoms with Gasteiger partial charge >= 0.3 is 0 Å². The number of nitro benzene ring substituents is 1. The van der Waals surface area contributed by atoms with Gasteiger partial charge in [-0.05, 0) is 31.2 Å². The fourth-order valence-corrected chi connectivity index (χ4v) is 3.86. The van der Waals surface area contributed by atoms with Crippen molar-refractivity contribution in [2.45, 2.75) is 11.8 Å². The van der Waals surface area contributed by atoms with Crippen molar-refractivity contribution in [3.05, 3.63) is 58.6 Å². The van der Waals surface area contributed by atoms with Crippen molar-refractivity contribution in [3.63, 3.8) is 0 Å². The molecule has 25 heavy (non-hydrogen) atoms. The molecule has 2 aromatic rings. The second-order valence-corrected chi connectivity index (χ2v) is 6.95. The molecule has 0 unspecified atom stereocenters. The Kier molecular flexibility index (Phi) is 5.94. The first-order chi connectivity index (χ1) is 11.9. The highest BCUT2D eigenvalue weighted by molar-refractivity contribution is 7.92. The fraction of sp³-hybridized carbons (Fsp3) is 0.250. The predicted molar refractivity (Wildman–Crippen MR) is 95.3 cm³/mol. The van der Waals surface area contributed by atoms with Crippen LogP contribution in [0.3, 0.4) is 0 Å². The average Bonchev–Trinajstić information content (AvgIpc) is 2.61. The molecule has 0 atom stereocenters. The first-order valence-electron chi connectivity index (χ1n) is 7.62. The molecule has 0 heterocycles. The van der Waals surface area contributed by atoms with Crippen molar-refractivity contribution in [3.8, 4) is 0 Å². The Hall–Kier alpha value is -2.65. The minimum absolute atomic E-state index is 0.113. The summed E-state index contributed by atoms with van der Waals surface area (Å²) in [5, 5.41) is 22.9. The lowest BCUT2D eigenvalue weighted by atomic mass is 10.2. The summed E-state index contributed by atoms with van der Waals surface area (Å²) in [6.07, 6.45) is 0. The summed E-state index contributed by atoms with van der Waals surface area (Å²) in [5.41, 5.74) is 0.163. The average molecular weight is 365 g/mol. The van der Waals surface area contributed by atoms with Gasteiger partial charge in [0.25, 0.3) is 15.7 Å². The number of aliphatic hydroxyl groups is 1. The summed E-state index contributed by atoms with van der Waals surface area (Å²) in [5.74, 6) is 0. The van der Waals surface area contributed by atoms with Crippen LogP contribution in [0, 0.1) is 10.1 Å². The number of nitrogens with one attached hydrogen (secondary N) is 1. The highest BCUT2D eigenvalue weighted by Crippen LogP contribution is 2.32. The van der Waals surface area contributed by atoms with E-state index < -0.39 is 14.9 Å². The molecule has 2 aromatic carbocycles. The van der Waals surface area contributed by atoms with Crippen LogP contribution in [0.2, 0.25) is 0 Å². The highest BCUT2D eigenvalue weighted by Gasteiger charge is 2.25. The van der Waals surface area contributed by atoms with Crippen LogP contribution in [0.1, 0.15) is 6.92 Å². The van der Waals surface area contributed by atoms with Crippen LogP contribution in [-0.4, -0.2) is 38.1 Å². The van der Waals surface area contributed by atoms with Gasteiger partial charge in [-0.25, -0.2) is 8.42 Å². The molecule has 0 saturated carbocycles. The number of hydrogen-bond donors (Lipinski definition) is 2. The Balaban J connectivity index is 2.47. The van der Waals surface area contributed by atoms with E-state index >= 15 is 0 Å². The molecule has 0 aliphatic carbocycles. The Labute approximate surface area is 145 Å². The molecule has 2 N–H and O–H groups in total. The maximum Gasteiger partial charge on any atom is 0.294 e. The van der Waals surface area contributed by atoms with Crippen LogP contribution in [0.25, 0.3) is 0 Å². The zero-order valence-corrected chi connectivity index (χ0v) is 14.4. The summed E-state index contributed by atoms with van der Waals surface area (Å²) in [7, 11) is -3.83. The van der Waals surface area contributed by atoms with E-state index in [-0.39, 0.29) is 41.7 Å². The molecule has 0 aliphatic heterocycles. The summed E-state index contributed by atoms with van der Waals surface area (Å²) in [6, 6.07) is 12.0. The van der Waals surface area contributed by atoms with Crippen molar-refractivity contribution < 1.29 is 18.4 Å². The molecule has 0 radical (unpaired) electrons. The maximum absolute atomic E-state index is 12.8. The smallest absolute Gasteiger partial charge is 0.294 e. The van der Waals surface area contributed by atoms with Crippen LogP contribution >= 0.6 is 0 Å². The first kappa shape index (κ1) is 18.7. The highest BCUT2D eigenvalue weighted by atomic mass is 32.2. The lowest BCUT2D eigenvalue weighted by Crippen LogP contribution is -2.30. The number of nitro groups is 1. The molecule has 8 nitrogen and oxygen atoms in total. The third-order valence-corrected chi connectivity index (χ3v) is 5.43. The monoisotopic (exact) mass is 365 g/mol. The topological polar surface area (TPSA) is 113 Å². The summed E-state index contributed by atoms with van der Waals surface area (Å²) in [6.45, 7) is 1.75. The van der Waals surface area contributed by atoms with E-state index in [1.807, 2.05) is 0 Å². The molecular weight excluding hydrogens is 346 g/mol. The van der Waals surface area contributed by atoms with E-state index in [1.54, 1.807) is 25.1 Å². The number of anilines is 2. The number of hydrogen-bond acceptors (Lipinski definition) is 6. The van der Waals surface area contributed by atoms with E-state index in [4.69, 9.17) is 5.11 Å². The van der Waals surface area contributed by atoms with Gasteiger partial charge in [-0.1, -0.05) is 18.2 Å². The number of sulfonamides is 1. The van der Waals surface area contributed by atoms with E-state index in [2.05, 4.69) is 5.32 Å². The van der Waals surface area contributed by atoms with Gasteiger partial charge in [0.05, 0.1) is 22.1 Å². The second kappa shape index (κ2) is 7.95. The zero-order valence-electron chi connectivity index (χ0n) is 13.6. The minimum Gasteiger partial charge on any atom is -0.395 e. The zero-order chi connectivity index (χ0) is 18.4. The standard InChI is InChI=1S/C16H19N3O5S/c1-2-18(25(23,24)14-6-4-3-5-7-14)13-8-9-15(17-10-11-20)16(12-13)19(21)22/h3-9,12,17,20H,2,10-11H2,1H3. The maximum atomic E-state index is 12.8. The van der Waals surface area contributed by atoms with Crippen molar-refractivity contribution in [1.82, 2.24) is 0 Å². The van der Waals surface area contributed by atoms with E-state index in [9.17, 15) is 18.5 Å². The summed E-state index contributed by atoms with van der Waals surface area (Å²) >= 11 is 0. The number of aliphatic hydroxyl groups excluding tert-OH is 1. The van der Waals surface area contributed by atoms with Crippen LogP contribution in [-0.2, 0) is 10.0 Å². The number of benzene rings is 2. The molecular formula is C16H19N3O5S. The quantitative estimate of drug-likeness (QED) is 0.548. The normalized spacial score (nSPS) is 11.1. The third kappa shape index (κ3) is 4.06. The van der Waals surface area contributed by atoms with E-state index in [1.165, 1.54) is 30.3 Å². The Bertz CT molecular complexity index is 840. The minimum atomic E-state index is -3.83. The molecule has 2 rings (SSSR count). The van der Waals surface area contributed by atoms with Gasteiger partial charge in [-0.15, -0.1) is 0 Å². The van der Waals surface area contributed by atoms with Crippen LogP contribution in [0.15, 0.2) is 53.4 Å². The fourth-order valence-electron chi connectivity index (χ4n) is 2.38. The largest absolute Gasteiger partial charge is 0.395 e. The van der Waals surface area contributed by atoms with Gasteiger partial charge in [-0.2, -0.15) is 0 Å². The van der Waals surface area contributed by atoms with Gasteiger partial charge in [0, 0.05) is 19.2 Å². The van der Waals surface area contributed by atoms with Crippen LogP contribution in [0.5, 0.6) is 0 Å². The Morgan fingerprint density at radius 2 is 1.88 bits per heavy atom. The predicted octanol–water partition coefficient (Wildman–Crippen LogP) is 2.21. The number of nitrogens with zero attached hydrogens (tertiary/aromatic N) is 2. The van der Waals surface area contributed by atoms with Crippen molar-refractivity contribution in [1.29, 1.82) is 0 Å². The molecule has 9 heteroatoms. The Morgan fingerprint density at radius 1 is 1.20 bits per heavy atom. The Morgan fingerprint density at radius 3 is 2.44 bits per heavy atom. The molecule has 0 spiro atoms. The van der Waals surface area contributed by atoms with Gasteiger partial charge in [0.2, 0.25) is 0 Å². The second-order valence-electron chi connectivity index (χ2n) is 5.09. The van der Waals surface area contributed by atoms with Gasteiger partial charge in [0.15, 0.2) is 0 Å². The third-order valence-electron chi connectivity index (χ3n) is 3.51. The van der Waals surface area contributed by atoms with Gasteiger partial charge in [-0.3, -0.25) is 14.4 Å². The molecule has 0 amide bonds. The van der Waals surface area contributed by atoms with Crippen molar-refractivity contribution in [2.75, 3.05) is 29.3 Å². The molecule has 0 aliphatic rings. The van der Waals surface area contributed by atoms with E-state index in [0.717, 1.165) is 4.31 Å². The molecule has 0 fully saturated rings. The van der Waals surface area contributed by atoms with E-state index in [0.29, 0.717) is 0 Å². The van der Waals surface area contributed by atoms with Crippen LogP contribution < -0.4 is 9.62 Å². The SMILES string of the molecule is CCN(c1ccc(NCCO)c([N+](=O)[O-])c1)S(=O)(=O)c1ccccc1. The molecule has 0 saturated heterocycles.